The smallest absolute Gasteiger partial charge is 0.317 e. The number of para-hydroxylation sites is 1. The Hall–Kier alpha value is -2.83. The minimum atomic E-state index is -0.177. The number of hydrogen-bond donors (Lipinski definition) is 1. The zero-order valence-electron chi connectivity index (χ0n) is 14.7. The Kier molecular flexibility index (Phi) is 5.02. The maximum absolute atomic E-state index is 12.2. The molecule has 7 nitrogen and oxygen atoms in total. The van der Waals surface area contributed by atoms with E-state index in [9.17, 15) is 4.79 Å². The zero-order valence-corrected chi connectivity index (χ0v) is 14.7. The molecule has 1 N–H and O–H groups in total. The van der Waals surface area contributed by atoms with Crippen molar-refractivity contribution in [3.8, 4) is 0 Å². The SMILES string of the molecule is CC(C)c1noc(CCNC(=O)N(C)Cc2cc3ccccc3o2)n1. The molecule has 1 aromatic carbocycles. The van der Waals surface area contributed by atoms with E-state index in [1.54, 1.807) is 11.9 Å². The Morgan fingerprint density at radius 1 is 1.32 bits per heavy atom. The number of nitrogens with one attached hydrogen (secondary N) is 1. The Morgan fingerprint density at radius 3 is 2.84 bits per heavy atom. The van der Waals surface area contributed by atoms with Crippen molar-refractivity contribution in [3.63, 3.8) is 0 Å². The second kappa shape index (κ2) is 7.38. The topological polar surface area (TPSA) is 84.4 Å². The van der Waals surface area contributed by atoms with E-state index in [4.69, 9.17) is 8.94 Å². The maximum atomic E-state index is 12.2. The third-order valence-electron chi connectivity index (χ3n) is 3.83. The maximum Gasteiger partial charge on any atom is 0.317 e. The quantitative estimate of drug-likeness (QED) is 0.743. The normalized spacial score (nSPS) is 11.2. The molecule has 132 valence electrons. The number of amides is 2. The first kappa shape index (κ1) is 17.0. The van der Waals surface area contributed by atoms with Gasteiger partial charge < -0.3 is 19.2 Å². The Morgan fingerprint density at radius 2 is 2.12 bits per heavy atom. The molecule has 0 aliphatic carbocycles. The standard InChI is InChI=1S/C18H22N4O3/c1-12(2)17-20-16(25-21-17)8-9-19-18(23)22(3)11-14-10-13-6-4-5-7-15(13)24-14/h4-7,10,12H,8-9,11H2,1-3H3,(H,19,23). The van der Waals surface area contributed by atoms with Gasteiger partial charge in [-0.05, 0) is 12.1 Å². The van der Waals surface area contributed by atoms with Crippen molar-refractivity contribution < 1.29 is 13.7 Å². The van der Waals surface area contributed by atoms with Gasteiger partial charge in [0.1, 0.15) is 11.3 Å². The van der Waals surface area contributed by atoms with Crippen LogP contribution >= 0.6 is 0 Å². The summed E-state index contributed by atoms with van der Waals surface area (Å²) in [5.41, 5.74) is 0.823. The Bertz CT molecular complexity index is 820. The number of furan rings is 1. The third kappa shape index (κ3) is 4.17. The molecule has 0 saturated heterocycles. The summed E-state index contributed by atoms with van der Waals surface area (Å²) in [5.74, 6) is 2.19. The zero-order chi connectivity index (χ0) is 17.8. The molecule has 25 heavy (non-hydrogen) atoms. The van der Waals surface area contributed by atoms with Gasteiger partial charge in [-0.25, -0.2) is 4.79 Å². The molecular formula is C18H22N4O3. The van der Waals surface area contributed by atoms with E-state index in [-0.39, 0.29) is 11.9 Å². The molecule has 0 spiro atoms. The van der Waals surface area contributed by atoms with Crippen LogP contribution in [0.1, 0.15) is 37.2 Å². The Balaban J connectivity index is 1.48. The van der Waals surface area contributed by atoms with Crippen LogP contribution in [0.2, 0.25) is 0 Å². The summed E-state index contributed by atoms with van der Waals surface area (Å²) < 4.78 is 10.9. The summed E-state index contributed by atoms with van der Waals surface area (Å²) in [6.07, 6.45) is 0.504. The number of carbonyl (C=O) groups excluding carboxylic acids is 1. The van der Waals surface area contributed by atoms with Crippen LogP contribution in [0.25, 0.3) is 11.0 Å². The van der Waals surface area contributed by atoms with Crippen molar-refractivity contribution in [2.75, 3.05) is 13.6 Å². The first-order valence-electron chi connectivity index (χ1n) is 8.32. The van der Waals surface area contributed by atoms with Gasteiger partial charge in [0.05, 0.1) is 6.54 Å². The molecule has 2 amide bonds. The fourth-order valence-electron chi connectivity index (χ4n) is 2.44. The lowest BCUT2D eigenvalue weighted by Crippen LogP contribution is -2.37. The highest BCUT2D eigenvalue weighted by atomic mass is 16.5. The van der Waals surface area contributed by atoms with E-state index >= 15 is 0 Å². The summed E-state index contributed by atoms with van der Waals surface area (Å²) in [6, 6.07) is 9.55. The fraction of sp³-hybridized carbons (Fsp3) is 0.389. The summed E-state index contributed by atoms with van der Waals surface area (Å²) in [4.78, 5) is 18.0. The van der Waals surface area contributed by atoms with Crippen molar-refractivity contribution >= 4 is 17.0 Å². The van der Waals surface area contributed by atoms with E-state index in [2.05, 4.69) is 15.5 Å². The molecule has 2 aromatic heterocycles. The molecule has 2 heterocycles. The van der Waals surface area contributed by atoms with Crippen LogP contribution in [-0.4, -0.2) is 34.7 Å². The van der Waals surface area contributed by atoms with Crippen LogP contribution in [0.15, 0.2) is 39.3 Å². The number of carbonyl (C=O) groups is 1. The molecule has 0 aliphatic heterocycles. The number of rotatable bonds is 6. The monoisotopic (exact) mass is 342 g/mol. The van der Waals surface area contributed by atoms with Gasteiger partial charge in [-0.15, -0.1) is 0 Å². The van der Waals surface area contributed by atoms with Crippen molar-refractivity contribution in [3.05, 3.63) is 47.8 Å². The first-order chi connectivity index (χ1) is 12.0. The van der Waals surface area contributed by atoms with Gasteiger partial charge in [-0.2, -0.15) is 4.98 Å². The summed E-state index contributed by atoms with van der Waals surface area (Å²) >= 11 is 0. The van der Waals surface area contributed by atoms with Gasteiger partial charge in [0.2, 0.25) is 5.89 Å². The van der Waals surface area contributed by atoms with Crippen LogP contribution in [-0.2, 0) is 13.0 Å². The molecule has 0 bridgehead atoms. The molecule has 3 rings (SSSR count). The van der Waals surface area contributed by atoms with Crippen molar-refractivity contribution in [2.45, 2.75) is 32.7 Å². The highest BCUT2D eigenvalue weighted by molar-refractivity contribution is 5.78. The van der Waals surface area contributed by atoms with E-state index in [0.717, 1.165) is 16.7 Å². The van der Waals surface area contributed by atoms with Gasteiger partial charge in [0.25, 0.3) is 0 Å². The summed E-state index contributed by atoms with van der Waals surface area (Å²) in [6.45, 7) is 4.84. The minimum absolute atomic E-state index is 0.177. The van der Waals surface area contributed by atoms with Crippen LogP contribution < -0.4 is 5.32 Å². The van der Waals surface area contributed by atoms with E-state index < -0.39 is 0 Å². The molecule has 0 aliphatic rings. The summed E-state index contributed by atoms with van der Waals surface area (Å²) in [5, 5.41) is 7.78. The molecule has 0 fully saturated rings. The summed E-state index contributed by atoms with van der Waals surface area (Å²) in [7, 11) is 1.73. The molecule has 0 unspecified atom stereocenters. The van der Waals surface area contributed by atoms with Crippen molar-refractivity contribution in [1.29, 1.82) is 0 Å². The molecule has 0 atom stereocenters. The van der Waals surface area contributed by atoms with E-state index in [0.29, 0.717) is 31.2 Å². The third-order valence-corrected chi connectivity index (χ3v) is 3.83. The van der Waals surface area contributed by atoms with Gasteiger partial charge in [-0.1, -0.05) is 37.2 Å². The number of aromatic nitrogens is 2. The minimum Gasteiger partial charge on any atom is -0.459 e. The van der Waals surface area contributed by atoms with Crippen LogP contribution in [0, 0.1) is 0 Å². The molecule has 3 aromatic rings. The van der Waals surface area contributed by atoms with Crippen molar-refractivity contribution in [1.82, 2.24) is 20.4 Å². The number of benzene rings is 1. The van der Waals surface area contributed by atoms with Crippen LogP contribution in [0.3, 0.4) is 0 Å². The number of nitrogens with zero attached hydrogens (tertiary/aromatic N) is 3. The number of hydrogen-bond acceptors (Lipinski definition) is 5. The van der Waals surface area contributed by atoms with Gasteiger partial charge in [0.15, 0.2) is 5.82 Å². The largest absolute Gasteiger partial charge is 0.459 e. The van der Waals surface area contributed by atoms with E-state index in [1.165, 1.54) is 0 Å². The predicted molar refractivity (Wildman–Crippen MR) is 93.2 cm³/mol. The Labute approximate surface area is 146 Å². The molecule has 0 radical (unpaired) electrons. The van der Waals surface area contributed by atoms with Crippen LogP contribution in [0.5, 0.6) is 0 Å². The van der Waals surface area contributed by atoms with Gasteiger partial charge >= 0.3 is 6.03 Å². The molecular weight excluding hydrogens is 320 g/mol. The number of urea groups is 1. The van der Waals surface area contributed by atoms with E-state index in [1.807, 2.05) is 44.2 Å². The number of fused-ring (bicyclic) bond motifs is 1. The highest BCUT2D eigenvalue weighted by Crippen LogP contribution is 2.19. The lowest BCUT2D eigenvalue weighted by molar-refractivity contribution is 0.203. The first-order valence-corrected chi connectivity index (χ1v) is 8.32. The highest BCUT2D eigenvalue weighted by Gasteiger charge is 2.13. The fourth-order valence-corrected chi connectivity index (χ4v) is 2.44. The lowest BCUT2D eigenvalue weighted by atomic mass is 10.2. The van der Waals surface area contributed by atoms with Crippen molar-refractivity contribution in [2.24, 2.45) is 0 Å². The van der Waals surface area contributed by atoms with Crippen LogP contribution in [0.4, 0.5) is 4.79 Å². The predicted octanol–water partition coefficient (Wildman–Crippen LogP) is 3.32. The molecule has 0 saturated carbocycles. The van der Waals surface area contributed by atoms with Gasteiger partial charge in [-0.3, -0.25) is 0 Å². The average Bonchev–Trinajstić information content (AvgIpc) is 3.20. The van der Waals surface area contributed by atoms with Gasteiger partial charge in [0, 0.05) is 31.3 Å². The molecule has 7 heteroatoms. The lowest BCUT2D eigenvalue weighted by Gasteiger charge is -2.16. The average molecular weight is 342 g/mol. The second-order valence-electron chi connectivity index (χ2n) is 6.29. The second-order valence-corrected chi connectivity index (χ2v) is 6.29.